The van der Waals surface area contributed by atoms with Gasteiger partial charge in [-0.1, -0.05) is 43.2 Å². The molecule has 0 amide bonds. The van der Waals surface area contributed by atoms with E-state index in [1.54, 1.807) is 18.0 Å². The third-order valence-corrected chi connectivity index (χ3v) is 11.7. The van der Waals surface area contributed by atoms with Crippen molar-refractivity contribution in [3.05, 3.63) is 76.2 Å². The van der Waals surface area contributed by atoms with Gasteiger partial charge in [-0.2, -0.15) is 13.2 Å². The molecule has 2 aromatic carbocycles. The molecule has 12 heteroatoms. The molecule has 0 bridgehead atoms. The lowest BCUT2D eigenvalue weighted by Gasteiger charge is -2.41. The van der Waals surface area contributed by atoms with Gasteiger partial charge in [-0.3, -0.25) is 9.80 Å². The third-order valence-electron chi connectivity index (χ3n) is 9.84. The van der Waals surface area contributed by atoms with E-state index in [1.165, 1.54) is 48.1 Å². The molecule has 1 aromatic heterocycles. The Morgan fingerprint density at radius 1 is 1.02 bits per heavy atom. The van der Waals surface area contributed by atoms with Crippen LogP contribution in [-0.2, 0) is 13.0 Å². The molecule has 0 radical (unpaired) electrons. The van der Waals surface area contributed by atoms with Crippen LogP contribution in [-0.4, -0.2) is 57.5 Å². The van der Waals surface area contributed by atoms with E-state index in [2.05, 4.69) is 50.5 Å². The fourth-order valence-electron chi connectivity index (χ4n) is 7.16. The number of anilines is 2. The number of hydrogen-bond donors (Lipinski definition) is 2. The summed E-state index contributed by atoms with van der Waals surface area (Å²) in [5.41, 5.74) is 8.03. The Morgan fingerprint density at radius 3 is 2.51 bits per heavy atom. The topological polar surface area (TPSA) is 70.3 Å². The van der Waals surface area contributed by atoms with Crippen molar-refractivity contribution in [2.24, 2.45) is 11.8 Å². The predicted octanol–water partition coefficient (Wildman–Crippen LogP) is 9.18. The standard InChI is InChI=1S/C35H42ClF3N6S2/c1-22(2)24-5-9-29(23-3-6-26(36)7-4-23)25(17-24)19-44-14-11-27(12-15-44)45-16-13-30-32(20-45)41-21-42-34(30)43-47-28-8-10-31(40)33(18-28)46-35(37,38)39/h3-4,6-8,10,18,21-22,24,27H,5,9,11-17,19-20,40H2,1-2H3,(H,41,42,43). The van der Waals surface area contributed by atoms with Crippen LogP contribution < -0.4 is 10.5 Å². The maximum Gasteiger partial charge on any atom is 0.446 e. The van der Waals surface area contributed by atoms with E-state index in [0.717, 1.165) is 80.6 Å². The van der Waals surface area contributed by atoms with Crippen molar-refractivity contribution in [1.82, 2.24) is 19.8 Å². The van der Waals surface area contributed by atoms with E-state index in [1.807, 2.05) is 12.1 Å². The number of nitrogens with zero attached hydrogens (tertiary/aromatic N) is 4. The smallest absolute Gasteiger partial charge is 0.398 e. The van der Waals surface area contributed by atoms with E-state index in [0.29, 0.717) is 22.7 Å². The summed E-state index contributed by atoms with van der Waals surface area (Å²) in [5, 5.41) is 0.783. The van der Waals surface area contributed by atoms with E-state index in [9.17, 15) is 13.2 Å². The Morgan fingerprint density at radius 2 is 1.79 bits per heavy atom. The summed E-state index contributed by atoms with van der Waals surface area (Å²) in [6.45, 7) is 9.63. The second-order valence-corrected chi connectivity index (χ2v) is 15.6. The lowest BCUT2D eigenvalue weighted by atomic mass is 9.76. The minimum atomic E-state index is -4.40. The zero-order valence-corrected chi connectivity index (χ0v) is 29.2. The number of allylic oxidation sites excluding steroid dienone is 1. The van der Waals surface area contributed by atoms with Crippen molar-refractivity contribution in [1.29, 1.82) is 0 Å². The second kappa shape index (κ2) is 15.0. The molecule has 2 aliphatic heterocycles. The van der Waals surface area contributed by atoms with Gasteiger partial charge in [0.25, 0.3) is 0 Å². The minimum Gasteiger partial charge on any atom is -0.398 e. The highest BCUT2D eigenvalue weighted by Crippen LogP contribution is 2.42. The van der Waals surface area contributed by atoms with Gasteiger partial charge in [0.15, 0.2) is 0 Å². The molecule has 1 aliphatic carbocycles. The molecule has 3 aromatic rings. The summed E-state index contributed by atoms with van der Waals surface area (Å²) in [6.07, 6.45) is 8.23. The summed E-state index contributed by atoms with van der Waals surface area (Å²) >= 11 is 7.25. The first kappa shape index (κ1) is 34.4. The Kier molecular flexibility index (Phi) is 11.0. The van der Waals surface area contributed by atoms with Gasteiger partial charge < -0.3 is 10.5 Å². The second-order valence-electron chi connectivity index (χ2n) is 13.2. The lowest BCUT2D eigenvalue weighted by molar-refractivity contribution is -0.0328. The molecule has 252 valence electrons. The number of halogens is 4. The quantitative estimate of drug-likeness (QED) is 0.130. The summed E-state index contributed by atoms with van der Waals surface area (Å²) < 4.78 is 42.1. The van der Waals surface area contributed by atoms with E-state index in [-0.39, 0.29) is 22.3 Å². The van der Waals surface area contributed by atoms with Gasteiger partial charge in [0.1, 0.15) is 12.1 Å². The number of nitrogens with one attached hydrogen (secondary N) is 1. The van der Waals surface area contributed by atoms with Crippen LogP contribution in [0, 0.1) is 11.8 Å². The van der Waals surface area contributed by atoms with Gasteiger partial charge in [0.05, 0.1) is 5.69 Å². The lowest BCUT2D eigenvalue weighted by Crippen LogP contribution is -2.47. The van der Waals surface area contributed by atoms with Gasteiger partial charge in [-0.05, 0) is 129 Å². The molecule has 1 atom stereocenters. The largest absolute Gasteiger partial charge is 0.446 e. The molecule has 3 heterocycles. The normalized spacial score (nSPS) is 20.1. The molecule has 6 nitrogen and oxygen atoms in total. The van der Waals surface area contributed by atoms with Crippen LogP contribution in [0.15, 0.2) is 64.2 Å². The molecular formula is C35H42ClF3N6S2. The van der Waals surface area contributed by atoms with E-state index < -0.39 is 5.51 Å². The molecule has 0 saturated carbocycles. The third kappa shape index (κ3) is 8.78. The Hall–Kier alpha value is -2.44. The number of nitrogen functional groups attached to an aromatic ring is 1. The minimum absolute atomic E-state index is 0.00655. The summed E-state index contributed by atoms with van der Waals surface area (Å²) in [5.74, 6) is 2.15. The summed E-state index contributed by atoms with van der Waals surface area (Å²) in [4.78, 5) is 14.9. The molecule has 1 fully saturated rings. The summed E-state index contributed by atoms with van der Waals surface area (Å²) in [7, 11) is 0. The summed E-state index contributed by atoms with van der Waals surface area (Å²) in [6, 6.07) is 13.6. The number of thioether (sulfide) groups is 1. The first-order chi connectivity index (χ1) is 22.5. The molecule has 3 aliphatic rings. The molecular weight excluding hydrogens is 661 g/mol. The highest BCUT2D eigenvalue weighted by atomic mass is 35.5. The van der Waals surface area contributed by atoms with Crippen LogP contribution in [0.4, 0.5) is 24.7 Å². The number of rotatable bonds is 9. The number of likely N-dealkylation sites (tertiary alicyclic amines) is 1. The zero-order chi connectivity index (χ0) is 33.1. The van der Waals surface area contributed by atoms with Gasteiger partial charge >= 0.3 is 5.51 Å². The first-order valence-corrected chi connectivity index (χ1v) is 18.4. The van der Waals surface area contributed by atoms with Crippen LogP contribution >= 0.6 is 35.3 Å². The van der Waals surface area contributed by atoms with Crippen LogP contribution in [0.2, 0.25) is 5.02 Å². The maximum atomic E-state index is 12.9. The van der Waals surface area contributed by atoms with E-state index in [4.69, 9.17) is 17.3 Å². The van der Waals surface area contributed by atoms with Crippen molar-refractivity contribution in [2.45, 2.75) is 80.3 Å². The molecule has 47 heavy (non-hydrogen) atoms. The Labute approximate surface area is 289 Å². The first-order valence-electron chi connectivity index (χ1n) is 16.4. The van der Waals surface area contributed by atoms with Gasteiger partial charge in [-0.15, -0.1) is 0 Å². The van der Waals surface area contributed by atoms with Crippen molar-refractivity contribution in [3.8, 4) is 0 Å². The fourth-order valence-corrected chi connectivity index (χ4v) is 8.69. The number of benzene rings is 2. The molecule has 1 unspecified atom stereocenters. The average Bonchev–Trinajstić information content (AvgIpc) is 3.05. The average molecular weight is 703 g/mol. The number of hydrogen-bond acceptors (Lipinski definition) is 8. The van der Waals surface area contributed by atoms with Crippen molar-refractivity contribution in [3.63, 3.8) is 0 Å². The number of piperidine rings is 1. The van der Waals surface area contributed by atoms with Crippen LogP contribution in [0.1, 0.15) is 62.8 Å². The Bertz CT molecular complexity index is 1570. The van der Waals surface area contributed by atoms with Crippen LogP contribution in [0.25, 0.3) is 5.57 Å². The van der Waals surface area contributed by atoms with E-state index >= 15 is 0 Å². The monoisotopic (exact) mass is 702 g/mol. The SMILES string of the molecule is CC(C)C1CCC(c2ccc(Cl)cc2)=C(CN2CCC(N3CCc4c(ncnc4NSc4ccc(N)c(SC(F)(F)F)c4)C3)CC2)C1. The number of aromatic nitrogens is 2. The van der Waals surface area contributed by atoms with Crippen molar-refractivity contribution >= 4 is 52.4 Å². The molecule has 6 rings (SSSR count). The fraction of sp³-hybridized carbons (Fsp3) is 0.486. The van der Waals surface area contributed by atoms with Crippen LogP contribution in [0.5, 0.6) is 0 Å². The number of nitrogens with two attached hydrogens (primary N) is 1. The highest BCUT2D eigenvalue weighted by Gasteiger charge is 2.32. The molecule has 1 saturated heterocycles. The Balaban J connectivity index is 1.06. The maximum absolute atomic E-state index is 12.9. The number of alkyl halides is 3. The van der Waals surface area contributed by atoms with Crippen molar-refractivity contribution in [2.75, 3.05) is 36.6 Å². The van der Waals surface area contributed by atoms with Crippen molar-refractivity contribution < 1.29 is 13.2 Å². The zero-order valence-electron chi connectivity index (χ0n) is 26.8. The van der Waals surface area contributed by atoms with Gasteiger partial charge in [0, 0.05) is 51.7 Å². The van der Waals surface area contributed by atoms with Gasteiger partial charge in [-0.25, -0.2) is 9.97 Å². The molecule has 3 N–H and O–H groups in total. The highest BCUT2D eigenvalue weighted by molar-refractivity contribution is 8.01. The molecule has 0 spiro atoms. The predicted molar refractivity (Wildman–Crippen MR) is 188 cm³/mol. The van der Waals surface area contributed by atoms with Crippen LogP contribution in [0.3, 0.4) is 0 Å². The van der Waals surface area contributed by atoms with Gasteiger partial charge in [0.2, 0.25) is 0 Å². The number of fused-ring (bicyclic) bond motifs is 1.